The second-order valence-corrected chi connectivity index (χ2v) is 5.47. The van der Waals surface area contributed by atoms with Gasteiger partial charge in [0.05, 0.1) is 10.6 Å². The van der Waals surface area contributed by atoms with Crippen molar-refractivity contribution in [3.63, 3.8) is 0 Å². The molecule has 1 amide bonds. The molecule has 6 heteroatoms. The number of amides is 1. The summed E-state index contributed by atoms with van der Waals surface area (Å²) in [5, 5.41) is 16.6. The van der Waals surface area contributed by atoms with Gasteiger partial charge in [-0.25, -0.2) is 5.43 Å². The van der Waals surface area contributed by atoms with E-state index in [2.05, 4.69) is 10.5 Å². The standard InChI is InChI=1S/C19H15N3O3/c1-13(14-9-11-16(12-10-14)22(24)25)20-21-19(23)18-8-4-6-15-5-2-3-7-17(15)18/h2-12H,1H3,(H,21,23). The van der Waals surface area contributed by atoms with Gasteiger partial charge in [0.1, 0.15) is 0 Å². The Labute approximate surface area is 143 Å². The fourth-order valence-corrected chi connectivity index (χ4v) is 2.51. The lowest BCUT2D eigenvalue weighted by molar-refractivity contribution is -0.384. The first-order chi connectivity index (χ1) is 12.1. The van der Waals surface area contributed by atoms with Crippen molar-refractivity contribution in [1.82, 2.24) is 5.43 Å². The van der Waals surface area contributed by atoms with E-state index in [-0.39, 0.29) is 11.6 Å². The van der Waals surface area contributed by atoms with Crippen LogP contribution in [0.25, 0.3) is 10.8 Å². The number of fused-ring (bicyclic) bond motifs is 1. The van der Waals surface area contributed by atoms with E-state index >= 15 is 0 Å². The summed E-state index contributed by atoms with van der Waals surface area (Å²) in [7, 11) is 0. The number of carbonyl (C=O) groups is 1. The number of nitrogens with one attached hydrogen (secondary N) is 1. The topological polar surface area (TPSA) is 84.6 Å². The molecular formula is C19H15N3O3. The Hall–Kier alpha value is -3.54. The van der Waals surface area contributed by atoms with Crippen LogP contribution >= 0.6 is 0 Å². The molecule has 0 aliphatic heterocycles. The van der Waals surface area contributed by atoms with Crippen LogP contribution in [-0.2, 0) is 0 Å². The Balaban J connectivity index is 1.80. The van der Waals surface area contributed by atoms with Crippen molar-refractivity contribution < 1.29 is 9.72 Å². The minimum atomic E-state index is -0.460. The summed E-state index contributed by atoms with van der Waals surface area (Å²) < 4.78 is 0. The minimum Gasteiger partial charge on any atom is -0.267 e. The molecule has 0 spiro atoms. The number of nitro groups is 1. The van der Waals surface area contributed by atoms with Gasteiger partial charge in [-0.15, -0.1) is 0 Å². The number of rotatable bonds is 4. The second kappa shape index (κ2) is 6.92. The average Bonchev–Trinajstić information content (AvgIpc) is 2.65. The van der Waals surface area contributed by atoms with E-state index in [1.54, 1.807) is 25.1 Å². The molecule has 0 saturated heterocycles. The number of nitrogens with zero attached hydrogens (tertiary/aromatic N) is 2. The summed E-state index contributed by atoms with van der Waals surface area (Å²) in [6, 6.07) is 19.1. The monoisotopic (exact) mass is 333 g/mol. The highest BCUT2D eigenvalue weighted by atomic mass is 16.6. The maximum atomic E-state index is 12.4. The van der Waals surface area contributed by atoms with Crippen molar-refractivity contribution in [3.8, 4) is 0 Å². The Kier molecular flexibility index (Phi) is 4.52. The molecule has 0 aliphatic rings. The van der Waals surface area contributed by atoms with Gasteiger partial charge in [0.2, 0.25) is 0 Å². The average molecular weight is 333 g/mol. The molecule has 0 aromatic heterocycles. The maximum Gasteiger partial charge on any atom is 0.272 e. The van der Waals surface area contributed by atoms with E-state index in [1.165, 1.54) is 12.1 Å². The van der Waals surface area contributed by atoms with E-state index in [0.717, 1.165) is 10.8 Å². The molecule has 0 aliphatic carbocycles. The first kappa shape index (κ1) is 16.3. The molecule has 0 fully saturated rings. The van der Waals surface area contributed by atoms with Crippen molar-refractivity contribution in [2.24, 2.45) is 5.10 Å². The summed E-state index contributed by atoms with van der Waals surface area (Å²) >= 11 is 0. The molecule has 0 heterocycles. The number of hydrogen-bond acceptors (Lipinski definition) is 4. The molecule has 0 atom stereocenters. The molecule has 6 nitrogen and oxygen atoms in total. The highest BCUT2D eigenvalue weighted by Crippen LogP contribution is 2.18. The van der Waals surface area contributed by atoms with Gasteiger partial charge in [-0.2, -0.15) is 5.10 Å². The molecule has 3 rings (SSSR count). The minimum absolute atomic E-state index is 0.0105. The van der Waals surface area contributed by atoms with E-state index in [4.69, 9.17) is 0 Å². The molecule has 0 saturated carbocycles. The third kappa shape index (κ3) is 3.53. The van der Waals surface area contributed by atoms with Crippen LogP contribution in [0.4, 0.5) is 5.69 Å². The number of hydrazone groups is 1. The largest absolute Gasteiger partial charge is 0.272 e. The Morgan fingerprint density at radius 3 is 2.40 bits per heavy atom. The molecular weight excluding hydrogens is 318 g/mol. The highest BCUT2D eigenvalue weighted by Gasteiger charge is 2.10. The van der Waals surface area contributed by atoms with Gasteiger partial charge in [0.25, 0.3) is 11.6 Å². The first-order valence-electron chi connectivity index (χ1n) is 7.63. The normalized spacial score (nSPS) is 11.3. The smallest absolute Gasteiger partial charge is 0.267 e. The summed E-state index contributed by atoms with van der Waals surface area (Å²) in [4.78, 5) is 22.6. The first-order valence-corrected chi connectivity index (χ1v) is 7.63. The van der Waals surface area contributed by atoms with Crippen LogP contribution in [0.2, 0.25) is 0 Å². The second-order valence-electron chi connectivity index (χ2n) is 5.47. The van der Waals surface area contributed by atoms with Crippen molar-refractivity contribution in [2.45, 2.75) is 6.92 Å². The van der Waals surface area contributed by atoms with Gasteiger partial charge >= 0.3 is 0 Å². The number of nitro benzene ring substituents is 1. The van der Waals surface area contributed by atoms with Crippen LogP contribution in [0, 0.1) is 10.1 Å². The zero-order valence-electron chi connectivity index (χ0n) is 13.5. The van der Waals surface area contributed by atoms with Crippen LogP contribution in [0.1, 0.15) is 22.8 Å². The lowest BCUT2D eigenvalue weighted by Gasteiger charge is -2.06. The summed E-state index contributed by atoms with van der Waals surface area (Å²) in [6.07, 6.45) is 0. The predicted octanol–water partition coefficient (Wildman–Crippen LogP) is 3.90. The molecule has 3 aromatic carbocycles. The van der Waals surface area contributed by atoms with E-state index in [0.29, 0.717) is 16.8 Å². The van der Waals surface area contributed by atoms with Crippen LogP contribution in [0.3, 0.4) is 0 Å². The Morgan fingerprint density at radius 2 is 1.68 bits per heavy atom. The van der Waals surface area contributed by atoms with E-state index in [1.807, 2.05) is 36.4 Å². The SMILES string of the molecule is CC(=NNC(=O)c1cccc2ccccc12)c1ccc([N+](=O)[O-])cc1. The van der Waals surface area contributed by atoms with E-state index in [9.17, 15) is 14.9 Å². The molecule has 0 bridgehead atoms. The summed E-state index contributed by atoms with van der Waals surface area (Å²) in [5.74, 6) is -0.307. The van der Waals surface area contributed by atoms with Crippen molar-refractivity contribution in [1.29, 1.82) is 0 Å². The molecule has 124 valence electrons. The number of hydrogen-bond donors (Lipinski definition) is 1. The lowest BCUT2D eigenvalue weighted by Crippen LogP contribution is -2.19. The van der Waals surface area contributed by atoms with Crippen molar-refractivity contribution >= 4 is 28.1 Å². The molecule has 3 aromatic rings. The zero-order chi connectivity index (χ0) is 17.8. The zero-order valence-corrected chi connectivity index (χ0v) is 13.5. The summed E-state index contributed by atoms with van der Waals surface area (Å²) in [5.41, 5.74) is 4.35. The number of carbonyl (C=O) groups excluding carboxylic acids is 1. The lowest BCUT2D eigenvalue weighted by atomic mass is 10.0. The van der Waals surface area contributed by atoms with Gasteiger partial charge in [0.15, 0.2) is 0 Å². The van der Waals surface area contributed by atoms with Crippen molar-refractivity contribution in [2.75, 3.05) is 0 Å². The maximum absolute atomic E-state index is 12.4. The third-order valence-electron chi connectivity index (χ3n) is 3.86. The Bertz CT molecular complexity index is 973. The molecule has 25 heavy (non-hydrogen) atoms. The van der Waals surface area contributed by atoms with Crippen LogP contribution in [0.15, 0.2) is 71.8 Å². The van der Waals surface area contributed by atoms with Gasteiger partial charge < -0.3 is 0 Å². The van der Waals surface area contributed by atoms with Gasteiger partial charge in [0, 0.05) is 17.7 Å². The van der Waals surface area contributed by atoms with Crippen molar-refractivity contribution in [3.05, 3.63) is 88.0 Å². The number of non-ortho nitro benzene ring substituents is 1. The summed E-state index contributed by atoms with van der Waals surface area (Å²) in [6.45, 7) is 1.73. The molecule has 0 radical (unpaired) electrons. The quantitative estimate of drug-likeness (QED) is 0.446. The van der Waals surface area contributed by atoms with Gasteiger partial charge in [-0.3, -0.25) is 14.9 Å². The van der Waals surface area contributed by atoms with E-state index < -0.39 is 4.92 Å². The molecule has 1 N–H and O–H groups in total. The fraction of sp³-hybridized carbons (Fsp3) is 0.0526. The van der Waals surface area contributed by atoms with Crippen LogP contribution in [-0.4, -0.2) is 16.5 Å². The number of benzene rings is 3. The van der Waals surface area contributed by atoms with Crippen LogP contribution < -0.4 is 5.43 Å². The van der Waals surface area contributed by atoms with Gasteiger partial charge in [-0.1, -0.05) is 36.4 Å². The third-order valence-corrected chi connectivity index (χ3v) is 3.86. The molecule has 0 unspecified atom stereocenters. The van der Waals surface area contributed by atoms with Crippen LogP contribution in [0.5, 0.6) is 0 Å². The fourth-order valence-electron chi connectivity index (χ4n) is 2.51. The predicted molar refractivity (Wildman–Crippen MR) is 96.7 cm³/mol. The highest BCUT2D eigenvalue weighted by molar-refractivity contribution is 6.07. The van der Waals surface area contributed by atoms with Gasteiger partial charge in [-0.05, 0) is 41.5 Å². The Morgan fingerprint density at radius 1 is 1.00 bits per heavy atom.